The van der Waals surface area contributed by atoms with Crippen LogP contribution in [0.3, 0.4) is 0 Å². The number of aromatic nitrogens is 1. The second-order valence-electron chi connectivity index (χ2n) is 2.98. The first-order chi connectivity index (χ1) is 7.83. The van der Waals surface area contributed by atoms with Crippen LogP contribution in [-0.4, -0.2) is 6.26 Å². The van der Waals surface area contributed by atoms with Crippen LogP contribution >= 0.6 is 11.8 Å². The van der Waals surface area contributed by atoms with E-state index in [2.05, 4.69) is 10.6 Å². The normalized spacial score (nSPS) is 11.2. The van der Waals surface area contributed by atoms with Crippen molar-refractivity contribution in [2.75, 3.05) is 6.26 Å². The summed E-state index contributed by atoms with van der Waals surface area (Å²) >= 11 is 1.62. The lowest BCUT2D eigenvalue weighted by molar-refractivity contribution is -2.00. The van der Waals surface area contributed by atoms with Gasteiger partial charge in [0.25, 0.3) is 5.52 Å². The molecule has 0 aliphatic rings. The Kier molecular flexibility index (Phi) is 4.75. The molecule has 2 rings (SSSR count). The zero-order valence-electron chi connectivity index (χ0n) is 9.08. The lowest BCUT2D eigenvalue weighted by Gasteiger charge is -2.17. The SMILES string of the molecule is CSc1oc2ccccc2[n+]1C.[O-][Cl+3]([O-])([O-])[O-]. The molecule has 0 unspecified atom stereocenters. The van der Waals surface area contributed by atoms with Crippen LogP contribution in [0, 0.1) is 10.2 Å². The number of fused-ring (bicyclic) bond motifs is 1. The van der Waals surface area contributed by atoms with Crippen molar-refractivity contribution in [2.45, 2.75) is 5.22 Å². The summed E-state index contributed by atoms with van der Waals surface area (Å²) in [5, 5.41) is 0.941. The second kappa shape index (κ2) is 5.67. The van der Waals surface area contributed by atoms with Gasteiger partial charge in [-0.2, -0.15) is 4.57 Å². The molecule has 0 aliphatic carbocycles. The molecule has 1 heterocycles. The lowest BCUT2D eigenvalue weighted by Crippen LogP contribution is -2.68. The summed E-state index contributed by atoms with van der Waals surface area (Å²) in [6, 6.07) is 8.03. The van der Waals surface area contributed by atoms with Crippen molar-refractivity contribution in [2.24, 2.45) is 7.05 Å². The molecule has 1 aromatic heterocycles. The summed E-state index contributed by atoms with van der Waals surface area (Å²) in [5.74, 6) is 0. The van der Waals surface area contributed by atoms with Gasteiger partial charge in [-0.15, -0.1) is 10.2 Å². The first-order valence-electron chi connectivity index (χ1n) is 4.36. The Labute approximate surface area is 104 Å². The first-order valence-corrected chi connectivity index (χ1v) is 6.82. The van der Waals surface area contributed by atoms with E-state index in [-0.39, 0.29) is 0 Å². The van der Waals surface area contributed by atoms with Gasteiger partial charge in [0.15, 0.2) is 0 Å². The molecule has 8 heteroatoms. The van der Waals surface area contributed by atoms with Gasteiger partial charge in [0, 0.05) is 6.07 Å². The van der Waals surface area contributed by atoms with Crippen molar-refractivity contribution >= 4 is 22.9 Å². The minimum absolute atomic E-state index is 0.941. The maximum absolute atomic E-state index is 8.49. The maximum Gasteiger partial charge on any atom is 0.411 e. The average molecular weight is 280 g/mol. The van der Waals surface area contributed by atoms with Crippen LogP contribution < -0.4 is 23.2 Å². The summed E-state index contributed by atoms with van der Waals surface area (Å²) < 4.78 is 41.6. The summed E-state index contributed by atoms with van der Waals surface area (Å²) in [5.41, 5.74) is 2.09. The fourth-order valence-electron chi connectivity index (χ4n) is 1.26. The van der Waals surface area contributed by atoms with Crippen molar-refractivity contribution in [1.29, 1.82) is 0 Å². The molecule has 94 valence electrons. The van der Waals surface area contributed by atoms with Crippen LogP contribution in [0.25, 0.3) is 11.1 Å². The smallest absolute Gasteiger partial charge is 0.393 e. The van der Waals surface area contributed by atoms with E-state index in [1.165, 1.54) is 0 Å². The second-order valence-corrected chi connectivity index (χ2v) is 4.49. The molecule has 2 aromatic rings. The Morgan fingerprint density at radius 3 is 2.18 bits per heavy atom. The number of para-hydroxylation sites is 2. The largest absolute Gasteiger partial charge is 0.411 e. The molecule has 0 atom stereocenters. The van der Waals surface area contributed by atoms with Gasteiger partial charge in [0.1, 0.15) is 7.05 Å². The summed E-state index contributed by atoms with van der Waals surface area (Å²) in [6.07, 6.45) is 2.01. The van der Waals surface area contributed by atoms with E-state index in [0.29, 0.717) is 0 Å². The molecule has 0 aliphatic heterocycles. The van der Waals surface area contributed by atoms with Crippen LogP contribution in [0.5, 0.6) is 0 Å². The third-order valence-corrected chi connectivity index (χ3v) is 2.58. The predicted octanol–water partition coefficient (Wildman–Crippen LogP) is -2.78. The van der Waals surface area contributed by atoms with E-state index in [1.807, 2.05) is 31.5 Å². The van der Waals surface area contributed by atoms with E-state index in [4.69, 9.17) is 23.1 Å². The average Bonchev–Trinajstić information content (AvgIpc) is 2.54. The van der Waals surface area contributed by atoms with E-state index in [0.717, 1.165) is 16.3 Å². The van der Waals surface area contributed by atoms with Gasteiger partial charge < -0.3 is 4.42 Å². The highest BCUT2D eigenvalue weighted by Crippen LogP contribution is 2.18. The van der Waals surface area contributed by atoms with Crippen LogP contribution in [-0.2, 0) is 7.05 Å². The van der Waals surface area contributed by atoms with E-state index < -0.39 is 10.2 Å². The molecular formula is C9H10ClNO5S. The monoisotopic (exact) mass is 279 g/mol. The number of nitrogens with zero attached hydrogens (tertiary/aromatic N) is 1. The third-order valence-electron chi connectivity index (χ3n) is 1.87. The van der Waals surface area contributed by atoms with Crippen LogP contribution in [0.1, 0.15) is 0 Å². The molecule has 0 bridgehead atoms. The fraction of sp³-hybridized carbons (Fsp3) is 0.222. The Morgan fingerprint density at radius 2 is 1.71 bits per heavy atom. The third kappa shape index (κ3) is 4.50. The number of hydrogen-bond acceptors (Lipinski definition) is 6. The molecule has 1 aromatic carbocycles. The molecule has 0 fully saturated rings. The van der Waals surface area contributed by atoms with Gasteiger partial charge in [-0.05, 0) is 24.1 Å². The summed E-state index contributed by atoms with van der Waals surface area (Å²) in [6.45, 7) is 0. The van der Waals surface area contributed by atoms with Gasteiger partial charge in [0.05, 0.1) is 0 Å². The number of rotatable bonds is 1. The highest BCUT2D eigenvalue weighted by atomic mass is 35.7. The summed E-state index contributed by atoms with van der Waals surface area (Å²) in [4.78, 5) is 0. The highest BCUT2D eigenvalue weighted by Gasteiger charge is 2.16. The lowest BCUT2D eigenvalue weighted by atomic mass is 10.3. The van der Waals surface area contributed by atoms with Gasteiger partial charge in [-0.1, -0.05) is 12.1 Å². The molecule has 0 radical (unpaired) electrons. The molecule has 0 amide bonds. The Bertz CT molecular complexity index is 490. The van der Waals surface area contributed by atoms with Crippen LogP contribution in [0.2, 0.25) is 0 Å². The first kappa shape index (κ1) is 14.2. The van der Waals surface area contributed by atoms with Gasteiger partial charge in [0.2, 0.25) is 5.58 Å². The van der Waals surface area contributed by atoms with E-state index in [9.17, 15) is 0 Å². The minimum Gasteiger partial charge on any atom is -0.393 e. The zero-order valence-corrected chi connectivity index (χ0v) is 10.7. The van der Waals surface area contributed by atoms with Gasteiger partial charge in [-0.3, -0.25) is 0 Å². The Morgan fingerprint density at radius 1 is 1.18 bits per heavy atom. The van der Waals surface area contributed by atoms with E-state index >= 15 is 0 Å². The topological polar surface area (TPSA) is 109 Å². The predicted molar refractivity (Wildman–Crippen MR) is 49.2 cm³/mol. The molecule has 0 saturated heterocycles. The fourth-order valence-corrected chi connectivity index (χ4v) is 1.81. The maximum atomic E-state index is 8.49. The number of oxazole rings is 1. The molecular weight excluding hydrogens is 270 g/mol. The number of thioether (sulfide) groups is 1. The molecule has 0 saturated carbocycles. The van der Waals surface area contributed by atoms with E-state index in [1.54, 1.807) is 11.8 Å². The number of benzene rings is 1. The number of halogens is 1. The van der Waals surface area contributed by atoms with Gasteiger partial charge in [-0.25, -0.2) is 18.6 Å². The highest BCUT2D eigenvalue weighted by molar-refractivity contribution is 7.98. The number of hydrogen-bond donors (Lipinski definition) is 0. The standard InChI is InChI=1S/C9H10NOS.ClHO4/c1-10-7-5-3-4-6-8(7)11-9(10)12-2;2-1(3,4)5/h3-6H,1-2H3;(H,2,3,4,5)/q+1;/p-1. The molecule has 6 nitrogen and oxygen atoms in total. The number of aryl methyl sites for hydroxylation is 1. The quantitative estimate of drug-likeness (QED) is 0.413. The van der Waals surface area contributed by atoms with Gasteiger partial charge >= 0.3 is 5.22 Å². The Balaban J connectivity index is 0.000000249. The van der Waals surface area contributed by atoms with Crippen LogP contribution in [0.4, 0.5) is 0 Å². The molecule has 0 spiro atoms. The Hall–Kier alpha value is -0.830. The molecule has 0 N–H and O–H groups in total. The summed E-state index contributed by atoms with van der Waals surface area (Å²) in [7, 11) is -2.93. The van der Waals surface area contributed by atoms with Crippen molar-refractivity contribution in [1.82, 2.24) is 0 Å². The van der Waals surface area contributed by atoms with Crippen molar-refractivity contribution in [3.8, 4) is 0 Å². The zero-order chi connectivity index (χ0) is 13.1. The minimum atomic E-state index is -4.94. The van der Waals surface area contributed by atoms with Crippen molar-refractivity contribution in [3.05, 3.63) is 24.3 Å². The van der Waals surface area contributed by atoms with Crippen LogP contribution in [0.15, 0.2) is 33.9 Å². The van der Waals surface area contributed by atoms with Crippen molar-refractivity contribution in [3.63, 3.8) is 0 Å². The van der Waals surface area contributed by atoms with Crippen molar-refractivity contribution < 1.29 is 37.9 Å². The molecule has 17 heavy (non-hydrogen) atoms.